The van der Waals surface area contributed by atoms with Gasteiger partial charge in [0.15, 0.2) is 6.61 Å². The lowest BCUT2D eigenvalue weighted by Crippen LogP contribution is -2.08. The van der Waals surface area contributed by atoms with Crippen molar-refractivity contribution in [2.75, 3.05) is 7.11 Å². The van der Waals surface area contributed by atoms with Crippen LogP contribution in [0.3, 0.4) is 0 Å². The van der Waals surface area contributed by atoms with Gasteiger partial charge in [-0.1, -0.05) is 16.8 Å². The molecule has 0 fully saturated rings. The molecule has 1 aromatic heterocycles. The highest BCUT2D eigenvalue weighted by Gasteiger charge is 2.22. The van der Waals surface area contributed by atoms with E-state index in [-0.39, 0.29) is 23.1 Å². The molecule has 10 heteroatoms. The number of aromatic nitrogens is 2. The molecule has 3 aromatic rings. The molecular weight excluding hydrogens is 378 g/mol. The molecule has 0 atom stereocenters. The molecule has 0 radical (unpaired) electrons. The van der Waals surface area contributed by atoms with Crippen LogP contribution in [-0.4, -0.2) is 28.1 Å². The normalized spacial score (nSPS) is 10.4. The van der Waals surface area contributed by atoms with E-state index in [1.54, 1.807) is 31.4 Å². The number of carbonyl (C=O) groups is 1. The van der Waals surface area contributed by atoms with Gasteiger partial charge < -0.3 is 14.0 Å². The van der Waals surface area contributed by atoms with Crippen molar-refractivity contribution >= 4 is 23.3 Å². The van der Waals surface area contributed by atoms with Gasteiger partial charge in [0.05, 0.1) is 12.0 Å². The summed E-state index contributed by atoms with van der Waals surface area (Å²) >= 11 is 5.80. The number of hydrogen-bond donors (Lipinski definition) is 0. The van der Waals surface area contributed by atoms with Gasteiger partial charge in [-0.25, -0.2) is 4.79 Å². The lowest BCUT2D eigenvalue weighted by Gasteiger charge is -2.03. The van der Waals surface area contributed by atoms with Crippen molar-refractivity contribution in [3.63, 3.8) is 0 Å². The van der Waals surface area contributed by atoms with Crippen molar-refractivity contribution in [3.05, 3.63) is 69.1 Å². The Hall–Kier alpha value is -3.46. The van der Waals surface area contributed by atoms with Gasteiger partial charge in [-0.2, -0.15) is 4.98 Å². The second kappa shape index (κ2) is 7.83. The molecule has 0 aliphatic rings. The molecule has 0 aliphatic carbocycles. The highest BCUT2D eigenvalue weighted by atomic mass is 35.5. The van der Waals surface area contributed by atoms with Crippen LogP contribution < -0.4 is 4.74 Å². The Kier molecular flexibility index (Phi) is 5.32. The van der Waals surface area contributed by atoms with Gasteiger partial charge in [0.1, 0.15) is 11.3 Å². The zero-order valence-electron chi connectivity index (χ0n) is 13.9. The van der Waals surface area contributed by atoms with Crippen LogP contribution in [0.5, 0.6) is 5.75 Å². The van der Waals surface area contributed by atoms with Crippen LogP contribution in [0.4, 0.5) is 5.69 Å². The van der Waals surface area contributed by atoms with Crippen molar-refractivity contribution < 1.29 is 23.7 Å². The second-order valence-corrected chi connectivity index (χ2v) is 5.67. The summed E-state index contributed by atoms with van der Waals surface area (Å²) in [6, 6.07) is 10.6. The third kappa shape index (κ3) is 4.21. The molecular formula is C17H12ClN3O6. The van der Waals surface area contributed by atoms with Gasteiger partial charge in [0.2, 0.25) is 5.82 Å². The Morgan fingerprint density at radius 2 is 2.00 bits per heavy atom. The number of nitrogens with zero attached hydrogens (tertiary/aromatic N) is 3. The zero-order valence-corrected chi connectivity index (χ0v) is 14.7. The van der Waals surface area contributed by atoms with Crippen molar-refractivity contribution in [1.82, 2.24) is 10.1 Å². The van der Waals surface area contributed by atoms with Crippen molar-refractivity contribution in [2.45, 2.75) is 6.61 Å². The van der Waals surface area contributed by atoms with E-state index in [1.165, 1.54) is 12.1 Å². The molecule has 2 aromatic carbocycles. The first kappa shape index (κ1) is 18.3. The lowest BCUT2D eigenvalue weighted by molar-refractivity contribution is -0.385. The second-order valence-electron chi connectivity index (χ2n) is 5.23. The van der Waals surface area contributed by atoms with E-state index in [2.05, 4.69) is 10.1 Å². The van der Waals surface area contributed by atoms with E-state index < -0.39 is 16.6 Å². The zero-order chi connectivity index (χ0) is 19.4. The van der Waals surface area contributed by atoms with Gasteiger partial charge in [0.25, 0.3) is 11.6 Å². The summed E-state index contributed by atoms with van der Waals surface area (Å²) in [7, 11) is 1.56. The largest absolute Gasteiger partial charge is 0.497 e. The Bertz CT molecular complexity index is 987. The summed E-state index contributed by atoms with van der Waals surface area (Å²) in [5, 5.41) is 15.0. The Labute approximate surface area is 157 Å². The number of carbonyl (C=O) groups excluding carboxylic acids is 1. The minimum Gasteiger partial charge on any atom is -0.497 e. The van der Waals surface area contributed by atoms with E-state index in [9.17, 15) is 14.9 Å². The molecule has 0 saturated carbocycles. The molecule has 9 nitrogen and oxygen atoms in total. The van der Waals surface area contributed by atoms with E-state index in [4.69, 9.17) is 25.6 Å². The molecule has 1 heterocycles. The number of hydrogen-bond acceptors (Lipinski definition) is 8. The summed E-state index contributed by atoms with van der Waals surface area (Å²) in [5.41, 5.74) is 0.0128. The van der Waals surface area contributed by atoms with E-state index in [0.717, 1.165) is 6.07 Å². The molecule has 27 heavy (non-hydrogen) atoms. The highest BCUT2D eigenvalue weighted by Crippen LogP contribution is 2.24. The number of ether oxygens (including phenoxy) is 2. The lowest BCUT2D eigenvalue weighted by atomic mass is 10.2. The third-order valence-electron chi connectivity index (χ3n) is 3.52. The van der Waals surface area contributed by atoms with E-state index in [0.29, 0.717) is 17.1 Å². The van der Waals surface area contributed by atoms with Crippen LogP contribution in [0.15, 0.2) is 47.0 Å². The monoisotopic (exact) mass is 389 g/mol. The number of benzene rings is 2. The number of rotatable bonds is 6. The molecule has 138 valence electrons. The minimum absolute atomic E-state index is 0.0406. The van der Waals surface area contributed by atoms with Gasteiger partial charge in [-0.3, -0.25) is 10.1 Å². The highest BCUT2D eigenvalue weighted by molar-refractivity contribution is 6.31. The summed E-state index contributed by atoms with van der Waals surface area (Å²) in [6.07, 6.45) is 0. The van der Waals surface area contributed by atoms with Crippen LogP contribution in [0.2, 0.25) is 5.02 Å². The fraction of sp³-hybridized carbons (Fsp3) is 0.118. The van der Waals surface area contributed by atoms with Gasteiger partial charge in [-0.05, 0) is 36.4 Å². The maximum atomic E-state index is 12.2. The maximum absolute atomic E-state index is 12.2. The van der Waals surface area contributed by atoms with Crippen LogP contribution in [0.25, 0.3) is 11.4 Å². The molecule has 0 aliphatic heterocycles. The summed E-state index contributed by atoms with van der Waals surface area (Å²) in [6.45, 7) is -0.342. The predicted molar refractivity (Wildman–Crippen MR) is 93.5 cm³/mol. The smallest absolute Gasteiger partial charge is 0.345 e. The minimum atomic E-state index is -0.923. The molecule has 0 spiro atoms. The van der Waals surface area contributed by atoms with E-state index in [1.807, 2.05) is 0 Å². The molecule has 0 N–H and O–H groups in total. The van der Waals surface area contributed by atoms with E-state index >= 15 is 0 Å². The predicted octanol–water partition coefficient (Wildman–Crippen LogP) is 3.66. The number of methoxy groups -OCH3 is 1. The fourth-order valence-corrected chi connectivity index (χ4v) is 2.38. The Balaban J connectivity index is 1.70. The van der Waals surface area contributed by atoms with Crippen LogP contribution in [-0.2, 0) is 11.3 Å². The maximum Gasteiger partial charge on any atom is 0.345 e. The topological polar surface area (TPSA) is 118 Å². The summed E-state index contributed by atoms with van der Waals surface area (Å²) in [4.78, 5) is 26.6. The average molecular weight is 390 g/mol. The Morgan fingerprint density at radius 3 is 2.67 bits per heavy atom. The van der Waals surface area contributed by atoms with Gasteiger partial charge in [0, 0.05) is 16.7 Å². The van der Waals surface area contributed by atoms with Crippen LogP contribution >= 0.6 is 11.6 Å². The summed E-state index contributed by atoms with van der Waals surface area (Å²) < 4.78 is 15.1. The Morgan fingerprint density at radius 1 is 1.26 bits per heavy atom. The molecule has 0 saturated heterocycles. The number of esters is 1. The summed E-state index contributed by atoms with van der Waals surface area (Å²) in [5.74, 6) is 0.101. The molecule has 0 unspecified atom stereocenters. The van der Waals surface area contributed by atoms with Gasteiger partial charge >= 0.3 is 5.97 Å². The van der Waals surface area contributed by atoms with Crippen molar-refractivity contribution in [3.8, 4) is 17.1 Å². The fourth-order valence-electron chi connectivity index (χ4n) is 2.21. The quantitative estimate of drug-likeness (QED) is 0.356. The SMILES string of the molecule is COc1ccc(-c2noc(COC(=O)c3cc(Cl)ccc3[N+](=O)[O-])n2)cc1. The first-order valence-electron chi connectivity index (χ1n) is 7.56. The number of nitro benzene ring substituents is 1. The van der Waals surface area contributed by atoms with Crippen LogP contribution in [0.1, 0.15) is 16.2 Å². The first-order chi connectivity index (χ1) is 13.0. The number of nitro groups is 1. The average Bonchev–Trinajstić information content (AvgIpc) is 3.15. The number of halogens is 1. The third-order valence-corrected chi connectivity index (χ3v) is 3.75. The van der Waals surface area contributed by atoms with Crippen molar-refractivity contribution in [1.29, 1.82) is 0 Å². The van der Waals surface area contributed by atoms with Crippen LogP contribution in [0, 0.1) is 10.1 Å². The molecule has 3 rings (SSSR count). The first-order valence-corrected chi connectivity index (χ1v) is 7.94. The standard InChI is InChI=1S/C17H12ClN3O6/c1-25-12-5-2-10(3-6-12)16-19-15(27-20-16)9-26-17(22)13-8-11(18)4-7-14(13)21(23)24/h2-8H,9H2,1H3. The van der Waals surface area contributed by atoms with Crippen molar-refractivity contribution in [2.24, 2.45) is 0 Å². The molecule has 0 amide bonds. The molecule has 0 bridgehead atoms. The van der Waals surface area contributed by atoms with Gasteiger partial charge in [-0.15, -0.1) is 0 Å².